The molecule has 9 nitrogen and oxygen atoms in total. The largest absolute Gasteiger partial charge is 0.454 e. The lowest BCUT2D eigenvalue weighted by Gasteiger charge is -2.32. The Morgan fingerprint density at radius 2 is 1.84 bits per heavy atom. The number of nitrogens with one attached hydrogen (secondary N) is 1. The van der Waals surface area contributed by atoms with E-state index in [1.165, 1.54) is 0 Å². The second-order valence-electron chi connectivity index (χ2n) is 8.61. The second-order valence-corrected chi connectivity index (χ2v) is 8.61. The molecule has 9 heteroatoms. The number of fused-ring (bicyclic) bond motifs is 1. The molecule has 1 atom stereocenters. The number of rotatable bonds is 7. The molecule has 4 rings (SSSR count). The first kappa shape index (κ1) is 22.4. The minimum atomic E-state index is -0.951. The number of carbonyl (C=O) groups excluding carboxylic acids is 3. The molecule has 1 saturated heterocycles. The first-order valence-corrected chi connectivity index (χ1v) is 11.2. The molecule has 0 bridgehead atoms. The highest BCUT2D eigenvalue weighted by molar-refractivity contribution is 5.89. The smallest absolute Gasteiger partial charge is 0.313 e. The van der Waals surface area contributed by atoms with Gasteiger partial charge in [0.25, 0.3) is 5.91 Å². The number of hydrogen-bond donors (Lipinski definition) is 1. The monoisotopic (exact) mass is 446 g/mol. The summed E-state index contributed by atoms with van der Waals surface area (Å²) in [6.45, 7) is 4.14. The molecule has 0 aromatic heterocycles. The van der Waals surface area contributed by atoms with Crippen molar-refractivity contribution in [3.63, 3.8) is 0 Å². The Morgan fingerprint density at radius 3 is 2.59 bits per heavy atom. The van der Waals surface area contributed by atoms with E-state index in [-0.39, 0.29) is 31.6 Å². The van der Waals surface area contributed by atoms with Crippen molar-refractivity contribution in [3.8, 4) is 11.5 Å². The van der Waals surface area contributed by atoms with Crippen LogP contribution in [-0.2, 0) is 30.4 Å². The lowest BCUT2D eigenvalue weighted by molar-refractivity contribution is -0.167. The van der Waals surface area contributed by atoms with Crippen molar-refractivity contribution in [1.29, 1.82) is 0 Å². The minimum absolute atomic E-state index is 0.0490. The van der Waals surface area contributed by atoms with Gasteiger partial charge >= 0.3 is 5.97 Å². The van der Waals surface area contributed by atoms with Crippen LogP contribution in [0.25, 0.3) is 0 Å². The molecule has 0 spiro atoms. The molecule has 1 N–H and O–H groups in total. The number of morpholine rings is 1. The Kier molecular flexibility index (Phi) is 6.83. The van der Waals surface area contributed by atoms with Gasteiger partial charge in [-0.05, 0) is 37.5 Å². The summed E-state index contributed by atoms with van der Waals surface area (Å²) in [4.78, 5) is 40.2. The number of nitrogens with zero attached hydrogens (tertiary/aromatic N) is 1. The van der Waals surface area contributed by atoms with E-state index >= 15 is 0 Å². The topological polar surface area (TPSA) is 103 Å². The number of amides is 2. The van der Waals surface area contributed by atoms with Gasteiger partial charge in [0, 0.05) is 26.1 Å². The van der Waals surface area contributed by atoms with E-state index < -0.39 is 17.5 Å². The summed E-state index contributed by atoms with van der Waals surface area (Å²) in [5.41, 5.74) is 0.00541. The van der Waals surface area contributed by atoms with Crippen LogP contribution < -0.4 is 14.8 Å². The third-order valence-electron chi connectivity index (χ3n) is 6.40. The predicted molar refractivity (Wildman–Crippen MR) is 113 cm³/mol. The van der Waals surface area contributed by atoms with Gasteiger partial charge < -0.3 is 29.2 Å². The lowest BCUT2D eigenvalue weighted by atomic mass is 9.82. The summed E-state index contributed by atoms with van der Waals surface area (Å²) in [6, 6.07) is 5.45. The van der Waals surface area contributed by atoms with Crippen LogP contribution in [0.2, 0.25) is 0 Å². The zero-order valence-corrected chi connectivity index (χ0v) is 18.4. The van der Waals surface area contributed by atoms with E-state index in [9.17, 15) is 14.4 Å². The van der Waals surface area contributed by atoms with Crippen molar-refractivity contribution in [3.05, 3.63) is 23.8 Å². The molecule has 2 amide bonds. The van der Waals surface area contributed by atoms with Gasteiger partial charge in [0.1, 0.15) is 0 Å². The highest BCUT2D eigenvalue weighted by Crippen LogP contribution is 2.43. The number of benzene rings is 1. The molecule has 1 aliphatic carbocycles. The SMILES string of the molecule is CC(OC(=O)C1(CC(=O)N2CCOCC2)CCCC1)C(=O)NCc1ccc2c(c1)OCO2. The molecule has 1 saturated carbocycles. The van der Waals surface area contributed by atoms with Crippen LogP contribution in [0.5, 0.6) is 11.5 Å². The van der Waals surface area contributed by atoms with Crippen LogP contribution in [0.4, 0.5) is 0 Å². The van der Waals surface area contributed by atoms with E-state index in [0.29, 0.717) is 50.6 Å². The maximum absolute atomic E-state index is 13.1. The van der Waals surface area contributed by atoms with Gasteiger partial charge in [-0.25, -0.2) is 0 Å². The predicted octanol–water partition coefficient (Wildman–Crippen LogP) is 1.77. The van der Waals surface area contributed by atoms with Crippen LogP contribution in [0.3, 0.4) is 0 Å². The molecule has 2 heterocycles. The average Bonchev–Trinajstić information content (AvgIpc) is 3.47. The maximum atomic E-state index is 13.1. The summed E-state index contributed by atoms with van der Waals surface area (Å²) >= 11 is 0. The third kappa shape index (κ3) is 4.98. The summed E-state index contributed by atoms with van der Waals surface area (Å²) in [6.07, 6.45) is 2.12. The highest BCUT2D eigenvalue weighted by Gasteiger charge is 2.46. The highest BCUT2D eigenvalue weighted by atomic mass is 16.7. The Balaban J connectivity index is 1.31. The number of ether oxygens (including phenoxy) is 4. The van der Waals surface area contributed by atoms with Crippen molar-refractivity contribution < 1.29 is 33.3 Å². The first-order chi connectivity index (χ1) is 15.5. The molecule has 174 valence electrons. The first-order valence-electron chi connectivity index (χ1n) is 11.2. The summed E-state index contributed by atoms with van der Waals surface area (Å²) in [5.74, 6) is 0.429. The third-order valence-corrected chi connectivity index (χ3v) is 6.40. The van der Waals surface area contributed by atoms with Crippen LogP contribution in [-0.4, -0.2) is 61.9 Å². The van der Waals surface area contributed by atoms with Crippen LogP contribution in [0, 0.1) is 5.41 Å². The molecular formula is C23H30N2O7. The fraction of sp³-hybridized carbons (Fsp3) is 0.609. The van der Waals surface area contributed by atoms with Crippen molar-refractivity contribution in [2.45, 2.75) is 51.7 Å². The quantitative estimate of drug-likeness (QED) is 0.637. The van der Waals surface area contributed by atoms with E-state index in [1.54, 1.807) is 17.9 Å². The van der Waals surface area contributed by atoms with Crippen molar-refractivity contribution in [2.24, 2.45) is 5.41 Å². The molecule has 2 aliphatic heterocycles. The number of carbonyl (C=O) groups is 3. The van der Waals surface area contributed by atoms with E-state index in [1.807, 2.05) is 12.1 Å². The van der Waals surface area contributed by atoms with Gasteiger partial charge in [0.05, 0.1) is 18.6 Å². The second kappa shape index (κ2) is 9.77. The van der Waals surface area contributed by atoms with Gasteiger partial charge in [0.2, 0.25) is 12.7 Å². The zero-order valence-electron chi connectivity index (χ0n) is 18.4. The fourth-order valence-corrected chi connectivity index (χ4v) is 4.44. The zero-order chi connectivity index (χ0) is 22.6. The summed E-state index contributed by atoms with van der Waals surface area (Å²) in [7, 11) is 0. The fourth-order valence-electron chi connectivity index (χ4n) is 4.44. The van der Waals surface area contributed by atoms with Crippen LogP contribution in [0.1, 0.15) is 44.6 Å². The molecule has 32 heavy (non-hydrogen) atoms. The van der Waals surface area contributed by atoms with Crippen LogP contribution in [0.15, 0.2) is 18.2 Å². The maximum Gasteiger partial charge on any atom is 0.313 e. The van der Waals surface area contributed by atoms with Gasteiger partial charge in [-0.2, -0.15) is 0 Å². The van der Waals surface area contributed by atoms with Gasteiger partial charge in [-0.1, -0.05) is 18.9 Å². The molecule has 1 aromatic rings. The molecule has 3 aliphatic rings. The number of esters is 1. The lowest BCUT2D eigenvalue weighted by Crippen LogP contribution is -2.45. The standard InChI is InChI=1S/C23H30N2O7/c1-16(21(27)24-14-17-4-5-18-19(12-17)31-15-30-18)32-22(28)23(6-2-3-7-23)13-20(26)25-8-10-29-11-9-25/h4-5,12,16H,2-3,6-11,13-15H2,1H3,(H,24,27). The van der Waals surface area contributed by atoms with Gasteiger partial charge in [-0.15, -0.1) is 0 Å². The van der Waals surface area contributed by atoms with E-state index in [4.69, 9.17) is 18.9 Å². The number of hydrogen-bond acceptors (Lipinski definition) is 7. The molecule has 1 unspecified atom stereocenters. The van der Waals surface area contributed by atoms with Crippen LogP contribution >= 0.6 is 0 Å². The molecule has 0 radical (unpaired) electrons. The van der Waals surface area contributed by atoms with Gasteiger partial charge in [-0.3, -0.25) is 14.4 Å². The van der Waals surface area contributed by atoms with Crippen molar-refractivity contribution in [2.75, 3.05) is 33.1 Å². The summed E-state index contributed by atoms with van der Waals surface area (Å²) in [5, 5.41) is 2.79. The Bertz CT molecular complexity index is 860. The Hall–Kier alpha value is -2.81. The molecule has 2 fully saturated rings. The Labute approximate surface area is 187 Å². The van der Waals surface area contributed by atoms with E-state index in [0.717, 1.165) is 18.4 Å². The summed E-state index contributed by atoms with van der Waals surface area (Å²) < 4.78 is 21.5. The van der Waals surface area contributed by atoms with Crippen molar-refractivity contribution in [1.82, 2.24) is 10.2 Å². The molecular weight excluding hydrogens is 416 g/mol. The Morgan fingerprint density at radius 1 is 1.12 bits per heavy atom. The van der Waals surface area contributed by atoms with E-state index in [2.05, 4.69) is 5.32 Å². The van der Waals surface area contributed by atoms with Gasteiger partial charge in [0.15, 0.2) is 17.6 Å². The molecule has 1 aromatic carbocycles. The normalized spacial score (nSPS) is 20.0. The van der Waals surface area contributed by atoms with Crippen molar-refractivity contribution >= 4 is 17.8 Å². The average molecular weight is 447 g/mol. The minimum Gasteiger partial charge on any atom is -0.454 e.